The van der Waals surface area contributed by atoms with Crippen molar-refractivity contribution in [2.45, 2.75) is 50.2 Å². The van der Waals surface area contributed by atoms with Crippen molar-refractivity contribution in [3.05, 3.63) is 78.4 Å². The van der Waals surface area contributed by atoms with E-state index in [1.807, 2.05) is 30.3 Å². The van der Waals surface area contributed by atoms with Crippen LogP contribution >= 0.6 is 0 Å². The summed E-state index contributed by atoms with van der Waals surface area (Å²) in [5.74, 6) is -0.309. The van der Waals surface area contributed by atoms with Gasteiger partial charge in [-0.3, -0.25) is 14.2 Å². The number of rotatable bonds is 6. The highest BCUT2D eigenvalue weighted by Crippen LogP contribution is 2.38. The minimum Gasteiger partial charge on any atom is -0.391 e. The molecule has 4 rings (SSSR count). The van der Waals surface area contributed by atoms with Gasteiger partial charge in [0.15, 0.2) is 0 Å². The Morgan fingerprint density at radius 3 is 2.52 bits per heavy atom. The van der Waals surface area contributed by atoms with E-state index in [-0.39, 0.29) is 23.3 Å². The van der Waals surface area contributed by atoms with Crippen LogP contribution in [0.1, 0.15) is 48.5 Å². The third kappa shape index (κ3) is 5.28. The number of hydrogen-bond donors (Lipinski definition) is 3. The maximum absolute atomic E-state index is 13.1. The lowest BCUT2D eigenvalue weighted by Gasteiger charge is -2.34. The van der Waals surface area contributed by atoms with Crippen molar-refractivity contribution in [1.82, 2.24) is 25.4 Å². The highest BCUT2D eigenvalue weighted by atomic mass is 16.3. The highest BCUT2D eigenvalue weighted by molar-refractivity contribution is 5.94. The first-order valence-corrected chi connectivity index (χ1v) is 11.2. The topological polar surface area (TPSA) is 109 Å². The van der Waals surface area contributed by atoms with E-state index in [2.05, 4.69) is 33.0 Å². The van der Waals surface area contributed by atoms with Gasteiger partial charge in [-0.1, -0.05) is 36.4 Å². The molecule has 1 aliphatic carbocycles. The van der Waals surface area contributed by atoms with Crippen molar-refractivity contribution in [3.8, 4) is 5.69 Å². The summed E-state index contributed by atoms with van der Waals surface area (Å²) < 4.78 is 1.75. The zero-order valence-corrected chi connectivity index (χ0v) is 18.6. The average molecular weight is 448 g/mol. The Morgan fingerprint density at radius 2 is 1.79 bits per heavy atom. The first-order chi connectivity index (χ1) is 16.0. The predicted molar refractivity (Wildman–Crippen MR) is 124 cm³/mol. The number of nitrogens with one attached hydrogen (secondary N) is 2. The molecule has 1 aromatic heterocycles. The molecule has 3 N–H and O–H groups in total. The Kier molecular flexibility index (Phi) is 6.84. The molecule has 0 aliphatic heterocycles. The van der Waals surface area contributed by atoms with Crippen LogP contribution in [-0.2, 0) is 10.2 Å². The Balaban J connectivity index is 1.54. The molecule has 2 aromatic carbocycles. The summed E-state index contributed by atoms with van der Waals surface area (Å²) in [5.41, 5.74) is 2.14. The number of aliphatic hydroxyl groups excluding tert-OH is 1. The molecule has 3 aromatic rings. The zero-order chi connectivity index (χ0) is 23.3. The van der Waals surface area contributed by atoms with Crippen LogP contribution in [0.4, 0.5) is 0 Å². The standard InChI is InChI=1S/C25H29N5O3/c1-18(31)29-22-10-12-25(13-11-23(22)32,20-7-3-2-4-8-20)15-26-24(33)19-6-5-9-21(14-19)30-16-27-28-17-30/h2-9,14,16-17,22-23,32H,10-13,15H2,1H3,(H,26,33)(H,29,31)/t22-,23-,25-/m0/s1. The summed E-state index contributed by atoms with van der Waals surface area (Å²) in [5, 5.41) is 24.3. The third-order valence-electron chi connectivity index (χ3n) is 6.50. The van der Waals surface area contributed by atoms with Crippen LogP contribution in [0.3, 0.4) is 0 Å². The number of hydrogen-bond acceptors (Lipinski definition) is 5. The molecular formula is C25H29N5O3. The minimum absolute atomic E-state index is 0.146. The van der Waals surface area contributed by atoms with Gasteiger partial charge in [0, 0.05) is 30.1 Å². The molecule has 1 heterocycles. The Bertz CT molecular complexity index is 1090. The van der Waals surface area contributed by atoms with E-state index < -0.39 is 6.10 Å². The first-order valence-electron chi connectivity index (χ1n) is 11.2. The van der Waals surface area contributed by atoms with Crippen LogP contribution < -0.4 is 10.6 Å². The number of carbonyl (C=O) groups excluding carboxylic acids is 2. The number of nitrogens with zero attached hydrogens (tertiary/aromatic N) is 3. The van der Waals surface area contributed by atoms with Crippen molar-refractivity contribution in [2.24, 2.45) is 0 Å². The van der Waals surface area contributed by atoms with E-state index in [1.54, 1.807) is 29.4 Å². The number of carbonyl (C=O) groups is 2. The normalized spacial score (nSPS) is 22.8. The molecule has 2 amide bonds. The van der Waals surface area contributed by atoms with Crippen molar-refractivity contribution >= 4 is 11.8 Å². The lowest BCUT2D eigenvalue weighted by atomic mass is 9.74. The maximum atomic E-state index is 13.1. The lowest BCUT2D eigenvalue weighted by Crippen LogP contribution is -2.42. The van der Waals surface area contributed by atoms with Crippen LogP contribution in [0, 0.1) is 0 Å². The van der Waals surface area contributed by atoms with Gasteiger partial charge in [-0.05, 0) is 49.4 Å². The fourth-order valence-corrected chi connectivity index (χ4v) is 4.66. The Labute approximate surface area is 193 Å². The van der Waals surface area contributed by atoms with Gasteiger partial charge in [0.2, 0.25) is 5.91 Å². The second-order valence-electron chi connectivity index (χ2n) is 8.70. The number of benzene rings is 2. The molecule has 1 saturated carbocycles. The number of aromatic nitrogens is 3. The molecule has 8 nitrogen and oxygen atoms in total. The monoisotopic (exact) mass is 447 g/mol. The van der Waals surface area contributed by atoms with E-state index >= 15 is 0 Å². The molecule has 0 spiro atoms. The first kappa shape index (κ1) is 22.7. The smallest absolute Gasteiger partial charge is 0.251 e. The fourth-order valence-electron chi connectivity index (χ4n) is 4.66. The van der Waals surface area contributed by atoms with Crippen molar-refractivity contribution in [2.75, 3.05) is 6.54 Å². The Morgan fingerprint density at radius 1 is 1.06 bits per heavy atom. The van der Waals surface area contributed by atoms with Gasteiger partial charge in [-0.2, -0.15) is 0 Å². The molecule has 1 fully saturated rings. The van der Waals surface area contributed by atoms with Gasteiger partial charge in [-0.25, -0.2) is 0 Å². The average Bonchev–Trinajstić information content (AvgIpc) is 3.33. The second-order valence-corrected chi connectivity index (χ2v) is 8.70. The van der Waals surface area contributed by atoms with Crippen LogP contribution in [-0.4, -0.2) is 50.4 Å². The largest absolute Gasteiger partial charge is 0.391 e. The lowest BCUT2D eigenvalue weighted by molar-refractivity contribution is -0.120. The number of aliphatic hydroxyl groups is 1. The maximum Gasteiger partial charge on any atom is 0.251 e. The van der Waals surface area contributed by atoms with Gasteiger partial charge < -0.3 is 15.7 Å². The quantitative estimate of drug-likeness (QED) is 0.503. The molecule has 8 heteroatoms. The molecule has 0 saturated heterocycles. The predicted octanol–water partition coefficient (Wildman–Crippen LogP) is 2.37. The summed E-state index contributed by atoms with van der Waals surface area (Å²) in [4.78, 5) is 24.7. The molecule has 0 unspecified atom stereocenters. The Hall–Kier alpha value is -3.52. The van der Waals surface area contributed by atoms with Crippen molar-refractivity contribution in [3.63, 3.8) is 0 Å². The summed E-state index contributed by atoms with van der Waals surface area (Å²) in [6.07, 6.45) is 5.17. The van der Waals surface area contributed by atoms with Crippen molar-refractivity contribution in [1.29, 1.82) is 0 Å². The van der Waals surface area contributed by atoms with Gasteiger partial charge in [-0.15, -0.1) is 10.2 Å². The molecule has 3 atom stereocenters. The summed E-state index contributed by atoms with van der Waals surface area (Å²) in [6.45, 7) is 1.91. The SMILES string of the molecule is CC(=O)N[C@H]1CC[C@](CNC(=O)c2cccc(-n3cnnc3)c2)(c2ccccc2)CC[C@@H]1O. The molecule has 0 radical (unpaired) electrons. The van der Waals surface area contributed by atoms with E-state index in [1.165, 1.54) is 6.92 Å². The van der Waals surface area contributed by atoms with Crippen LogP contribution in [0.15, 0.2) is 67.3 Å². The fraction of sp³-hybridized carbons (Fsp3) is 0.360. The van der Waals surface area contributed by atoms with E-state index in [0.29, 0.717) is 31.4 Å². The van der Waals surface area contributed by atoms with E-state index in [4.69, 9.17) is 0 Å². The summed E-state index contributed by atoms with van der Waals surface area (Å²) >= 11 is 0. The highest BCUT2D eigenvalue weighted by Gasteiger charge is 2.38. The van der Waals surface area contributed by atoms with Gasteiger partial charge in [0.05, 0.1) is 12.1 Å². The molecule has 33 heavy (non-hydrogen) atoms. The van der Waals surface area contributed by atoms with Gasteiger partial charge in [0.1, 0.15) is 12.7 Å². The zero-order valence-electron chi connectivity index (χ0n) is 18.6. The minimum atomic E-state index is -0.615. The molecule has 172 valence electrons. The molecule has 1 aliphatic rings. The third-order valence-corrected chi connectivity index (χ3v) is 6.50. The molecular weight excluding hydrogens is 418 g/mol. The second kappa shape index (κ2) is 9.95. The van der Waals surface area contributed by atoms with Crippen molar-refractivity contribution < 1.29 is 14.7 Å². The van der Waals surface area contributed by atoms with Gasteiger partial charge >= 0.3 is 0 Å². The number of amides is 2. The van der Waals surface area contributed by atoms with Crippen LogP contribution in [0.5, 0.6) is 0 Å². The van der Waals surface area contributed by atoms with Crippen LogP contribution in [0.25, 0.3) is 5.69 Å². The summed E-state index contributed by atoms with van der Waals surface area (Å²) in [7, 11) is 0. The van der Waals surface area contributed by atoms with Crippen LogP contribution in [0.2, 0.25) is 0 Å². The van der Waals surface area contributed by atoms with Gasteiger partial charge in [0.25, 0.3) is 5.91 Å². The van der Waals surface area contributed by atoms with E-state index in [0.717, 1.165) is 17.7 Å². The molecule has 0 bridgehead atoms. The summed E-state index contributed by atoms with van der Waals surface area (Å²) in [6, 6.07) is 17.1. The van der Waals surface area contributed by atoms with E-state index in [9.17, 15) is 14.7 Å².